The minimum Gasteiger partial charge on any atom is -0.493 e. The van der Waals surface area contributed by atoms with E-state index in [0.717, 1.165) is 28.1 Å². The Bertz CT molecular complexity index is 656. The summed E-state index contributed by atoms with van der Waals surface area (Å²) in [6.07, 6.45) is 0. The van der Waals surface area contributed by atoms with Crippen LogP contribution in [0.3, 0.4) is 0 Å². The molecule has 0 saturated carbocycles. The predicted molar refractivity (Wildman–Crippen MR) is 98.2 cm³/mol. The lowest BCUT2D eigenvalue weighted by Crippen LogP contribution is -2.21. The smallest absolute Gasteiger partial charge is 0.175 e. The number of methoxy groups -OCH3 is 1. The van der Waals surface area contributed by atoms with E-state index < -0.39 is 0 Å². The molecule has 0 aliphatic rings. The highest BCUT2D eigenvalue weighted by Gasteiger charge is 2.12. The number of aryl methyl sites for hydroxylation is 1. The van der Waals surface area contributed by atoms with Crippen molar-refractivity contribution in [1.29, 1.82) is 0 Å². The Hall–Kier alpha value is -1.52. The van der Waals surface area contributed by atoms with Crippen molar-refractivity contribution < 1.29 is 9.47 Å². The summed E-state index contributed by atoms with van der Waals surface area (Å²) in [5, 5.41) is 3.41. The standard InChI is InChI=1S/C19H24BrNO2/c1-13(2)21-11-15-9-17(20)19(18(10-15)22-4)23-12-16-8-6-5-7-14(16)3/h5-10,13,21H,11-12H2,1-4H3. The number of rotatable bonds is 7. The number of benzene rings is 2. The molecule has 2 aromatic carbocycles. The van der Waals surface area contributed by atoms with Crippen LogP contribution in [0, 0.1) is 6.92 Å². The predicted octanol–water partition coefficient (Wildman–Crippen LogP) is 4.84. The van der Waals surface area contributed by atoms with Gasteiger partial charge in [-0.1, -0.05) is 38.1 Å². The third-order valence-corrected chi connectivity index (χ3v) is 4.23. The fourth-order valence-electron chi connectivity index (χ4n) is 2.26. The van der Waals surface area contributed by atoms with Gasteiger partial charge in [0.1, 0.15) is 6.61 Å². The van der Waals surface area contributed by atoms with Gasteiger partial charge in [0, 0.05) is 12.6 Å². The van der Waals surface area contributed by atoms with E-state index in [1.807, 2.05) is 18.2 Å². The monoisotopic (exact) mass is 377 g/mol. The summed E-state index contributed by atoms with van der Waals surface area (Å²) in [6, 6.07) is 12.8. The van der Waals surface area contributed by atoms with Crippen molar-refractivity contribution in [3.05, 3.63) is 57.6 Å². The molecule has 4 heteroatoms. The highest BCUT2D eigenvalue weighted by atomic mass is 79.9. The zero-order valence-electron chi connectivity index (χ0n) is 14.2. The first-order valence-electron chi connectivity index (χ1n) is 7.78. The van der Waals surface area contributed by atoms with E-state index in [1.165, 1.54) is 11.1 Å². The quantitative estimate of drug-likeness (QED) is 0.748. The summed E-state index contributed by atoms with van der Waals surface area (Å²) in [5.74, 6) is 1.48. The minimum absolute atomic E-state index is 0.441. The second-order valence-corrected chi connectivity index (χ2v) is 6.71. The van der Waals surface area contributed by atoms with Crippen LogP contribution in [0.1, 0.15) is 30.5 Å². The van der Waals surface area contributed by atoms with Gasteiger partial charge < -0.3 is 14.8 Å². The molecule has 2 aromatic rings. The van der Waals surface area contributed by atoms with Crippen LogP contribution in [0.4, 0.5) is 0 Å². The largest absolute Gasteiger partial charge is 0.493 e. The SMILES string of the molecule is COc1cc(CNC(C)C)cc(Br)c1OCc1ccccc1C. The van der Waals surface area contributed by atoms with Gasteiger partial charge in [-0.3, -0.25) is 0 Å². The summed E-state index contributed by atoms with van der Waals surface area (Å²) in [4.78, 5) is 0. The van der Waals surface area contributed by atoms with Crippen molar-refractivity contribution in [3.63, 3.8) is 0 Å². The normalized spacial score (nSPS) is 10.9. The van der Waals surface area contributed by atoms with E-state index in [-0.39, 0.29) is 0 Å². The maximum atomic E-state index is 6.01. The number of halogens is 1. The molecule has 0 unspecified atom stereocenters. The first-order valence-corrected chi connectivity index (χ1v) is 8.57. The molecule has 3 nitrogen and oxygen atoms in total. The molecule has 1 N–H and O–H groups in total. The van der Waals surface area contributed by atoms with Gasteiger partial charge in [0.15, 0.2) is 11.5 Å². The molecule has 0 aliphatic carbocycles. The van der Waals surface area contributed by atoms with Gasteiger partial charge in [0.25, 0.3) is 0 Å². The van der Waals surface area contributed by atoms with E-state index in [9.17, 15) is 0 Å². The topological polar surface area (TPSA) is 30.5 Å². The molecule has 0 heterocycles. The molecular weight excluding hydrogens is 354 g/mol. The Morgan fingerprint density at radius 2 is 1.91 bits per heavy atom. The lowest BCUT2D eigenvalue weighted by molar-refractivity contribution is 0.281. The van der Waals surface area contributed by atoms with Gasteiger partial charge in [0.2, 0.25) is 0 Å². The van der Waals surface area contributed by atoms with Crippen molar-refractivity contribution >= 4 is 15.9 Å². The Balaban J connectivity index is 2.16. The lowest BCUT2D eigenvalue weighted by Gasteiger charge is -2.16. The number of nitrogens with one attached hydrogen (secondary N) is 1. The van der Waals surface area contributed by atoms with Crippen molar-refractivity contribution in [3.8, 4) is 11.5 Å². The minimum atomic E-state index is 0.441. The Morgan fingerprint density at radius 3 is 2.57 bits per heavy atom. The van der Waals surface area contributed by atoms with Crippen molar-refractivity contribution in [2.24, 2.45) is 0 Å². The first kappa shape index (κ1) is 17.8. The summed E-state index contributed by atoms with van der Waals surface area (Å²) in [6.45, 7) is 7.67. The van der Waals surface area contributed by atoms with Crippen LogP contribution in [-0.4, -0.2) is 13.2 Å². The first-order chi connectivity index (χ1) is 11.0. The van der Waals surface area contributed by atoms with Crippen LogP contribution >= 0.6 is 15.9 Å². The number of hydrogen-bond acceptors (Lipinski definition) is 3. The zero-order valence-corrected chi connectivity index (χ0v) is 15.7. The highest BCUT2D eigenvalue weighted by Crippen LogP contribution is 2.37. The molecule has 124 valence electrons. The average Bonchev–Trinajstić information content (AvgIpc) is 2.52. The molecule has 0 aromatic heterocycles. The van der Waals surface area contributed by atoms with E-state index in [2.05, 4.69) is 60.2 Å². The second-order valence-electron chi connectivity index (χ2n) is 5.86. The molecule has 0 radical (unpaired) electrons. The van der Waals surface area contributed by atoms with Crippen LogP contribution in [-0.2, 0) is 13.2 Å². The molecule has 0 atom stereocenters. The third-order valence-electron chi connectivity index (χ3n) is 3.64. The lowest BCUT2D eigenvalue weighted by atomic mass is 10.1. The molecule has 0 aliphatic heterocycles. The van der Waals surface area contributed by atoms with E-state index >= 15 is 0 Å². The number of ether oxygens (including phenoxy) is 2. The van der Waals surface area contributed by atoms with Gasteiger partial charge >= 0.3 is 0 Å². The maximum Gasteiger partial charge on any atom is 0.175 e. The average molecular weight is 378 g/mol. The van der Waals surface area contributed by atoms with E-state index in [1.54, 1.807) is 7.11 Å². The van der Waals surface area contributed by atoms with Gasteiger partial charge in [0.05, 0.1) is 11.6 Å². The van der Waals surface area contributed by atoms with Gasteiger partial charge in [-0.2, -0.15) is 0 Å². The summed E-state index contributed by atoms with van der Waals surface area (Å²) >= 11 is 3.61. The van der Waals surface area contributed by atoms with E-state index in [4.69, 9.17) is 9.47 Å². The molecule has 0 amide bonds. The molecule has 23 heavy (non-hydrogen) atoms. The number of hydrogen-bond donors (Lipinski definition) is 1. The van der Waals surface area contributed by atoms with Crippen LogP contribution in [0.15, 0.2) is 40.9 Å². The van der Waals surface area contributed by atoms with Crippen LogP contribution in [0.2, 0.25) is 0 Å². The molecule has 0 fully saturated rings. The second kappa shape index (κ2) is 8.37. The highest BCUT2D eigenvalue weighted by molar-refractivity contribution is 9.10. The van der Waals surface area contributed by atoms with Gasteiger partial charge in [-0.25, -0.2) is 0 Å². The van der Waals surface area contributed by atoms with Crippen molar-refractivity contribution in [2.45, 2.75) is 40.0 Å². The summed E-state index contributed by atoms with van der Waals surface area (Å²) in [5.41, 5.74) is 3.55. The summed E-state index contributed by atoms with van der Waals surface area (Å²) < 4.78 is 12.4. The van der Waals surface area contributed by atoms with Gasteiger partial charge in [-0.15, -0.1) is 0 Å². The molecule has 0 bridgehead atoms. The fourth-order valence-corrected chi connectivity index (χ4v) is 2.86. The van der Waals surface area contributed by atoms with E-state index in [0.29, 0.717) is 12.6 Å². The van der Waals surface area contributed by atoms with Crippen molar-refractivity contribution in [2.75, 3.05) is 7.11 Å². The molecule has 2 rings (SSSR count). The summed E-state index contributed by atoms with van der Waals surface area (Å²) in [7, 11) is 1.67. The van der Waals surface area contributed by atoms with Crippen LogP contribution in [0.5, 0.6) is 11.5 Å². The maximum absolute atomic E-state index is 6.01. The zero-order chi connectivity index (χ0) is 16.8. The Morgan fingerprint density at radius 1 is 1.17 bits per heavy atom. The molecule has 0 saturated heterocycles. The fraction of sp³-hybridized carbons (Fsp3) is 0.368. The Labute approximate surface area is 147 Å². The molecule has 0 spiro atoms. The van der Waals surface area contributed by atoms with Gasteiger partial charge in [-0.05, 0) is 51.7 Å². The van der Waals surface area contributed by atoms with Crippen molar-refractivity contribution in [1.82, 2.24) is 5.32 Å². The Kier molecular flexibility index (Phi) is 6.48. The molecular formula is C19H24BrNO2. The third kappa shape index (κ3) is 4.98. The van der Waals surface area contributed by atoms with Crippen LogP contribution in [0.25, 0.3) is 0 Å². The van der Waals surface area contributed by atoms with Crippen LogP contribution < -0.4 is 14.8 Å².